The summed E-state index contributed by atoms with van der Waals surface area (Å²) in [5.41, 5.74) is 2.05. The third-order valence-electron chi connectivity index (χ3n) is 3.06. The van der Waals surface area contributed by atoms with Gasteiger partial charge in [-0.2, -0.15) is 0 Å². The second-order valence-electron chi connectivity index (χ2n) is 4.43. The van der Waals surface area contributed by atoms with Crippen LogP contribution in [-0.2, 0) is 11.2 Å². The van der Waals surface area contributed by atoms with Crippen LogP contribution >= 0.6 is 0 Å². The Labute approximate surface area is 106 Å². The standard InChI is InChI=1S/C14H18N2O2/c1-2-12(9-17)16-14(18)8-10-3-4-13-11(7-10)5-6-15-13/h3-7,12,15,17H,2,8-9H2,1H3,(H,16,18). The highest BCUT2D eigenvalue weighted by Gasteiger charge is 2.10. The van der Waals surface area contributed by atoms with Gasteiger partial charge in [0.2, 0.25) is 5.91 Å². The lowest BCUT2D eigenvalue weighted by Gasteiger charge is -2.13. The molecule has 0 spiro atoms. The molecule has 0 fully saturated rings. The topological polar surface area (TPSA) is 65.1 Å². The van der Waals surface area contributed by atoms with Crippen molar-refractivity contribution in [1.29, 1.82) is 0 Å². The molecule has 3 N–H and O–H groups in total. The molecule has 4 heteroatoms. The summed E-state index contributed by atoms with van der Waals surface area (Å²) in [6, 6.07) is 7.76. The van der Waals surface area contributed by atoms with E-state index in [2.05, 4.69) is 10.3 Å². The minimum atomic E-state index is -0.145. The Morgan fingerprint density at radius 3 is 3.00 bits per heavy atom. The maximum absolute atomic E-state index is 11.8. The largest absolute Gasteiger partial charge is 0.394 e. The van der Waals surface area contributed by atoms with Crippen molar-refractivity contribution in [3.8, 4) is 0 Å². The molecule has 2 aromatic rings. The first-order chi connectivity index (χ1) is 8.72. The molecule has 2 rings (SSSR count). The maximum atomic E-state index is 11.8. The number of aliphatic hydroxyl groups is 1. The molecule has 1 heterocycles. The number of aromatic amines is 1. The quantitative estimate of drug-likeness (QED) is 0.750. The van der Waals surface area contributed by atoms with Gasteiger partial charge in [0.25, 0.3) is 0 Å². The van der Waals surface area contributed by atoms with Crippen LogP contribution in [0, 0.1) is 0 Å². The lowest BCUT2D eigenvalue weighted by molar-refractivity contribution is -0.121. The van der Waals surface area contributed by atoms with Gasteiger partial charge in [0.1, 0.15) is 0 Å². The zero-order chi connectivity index (χ0) is 13.0. The first-order valence-electron chi connectivity index (χ1n) is 6.19. The number of carbonyl (C=O) groups is 1. The summed E-state index contributed by atoms with van der Waals surface area (Å²) in [7, 11) is 0. The molecule has 96 valence electrons. The van der Waals surface area contributed by atoms with Crippen molar-refractivity contribution in [1.82, 2.24) is 10.3 Å². The van der Waals surface area contributed by atoms with Crippen molar-refractivity contribution >= 4 is 16.8 Å². The van der Waals surface area contributed by atoms with Gasteiger partial charge in [-0.25, -0.2) is 0 Å². The zero-order valence-corrected chi connectivity index (χ0v) is 10.4. The van der Waals surface area contributed by atoms with E-state index in [-0.39, 0.29) is 18.6 Å². The number of benzene rings is 1. The van der Waals surface area contributed by atoms with Crippen LogP contribution in [0.5, 0.6) is 0 Å². The number of carbonyl (C=O) groups excluding carboxylic acids is 1. The highest BCUT2D eigenvalue weighted by molar-refractivity contribution is 5.83. The average Bonchev–Trinajstić information content (AvgIpc) is 2.83. The van der Waals surface area contributed by atoms with Crippen LogP contribution in [0.3, 0.4) is 0 Å². The number of nitrogens with one attached hydrogen (secondary N) is 2. The lowest BCUT2D eigenvalue weighted by atomic mass is 10.1. The van der Waals surface area contributed by atoms with Gasteiger partial charge in [-0.3, -0.25) is 4.79 Å². The molecule has 0 aliphatic carbocycles. The van der Waals surface area contributed by atoms with Crippen molar-refractivity contribution in [2.75, 3.05) is 6.61 Å². The number of aliphatic hydroxyl groups excluding tert-OH is 1. The summed E-state index contributed by atoms with van der Waals surface area (Å²) in [5.74, 6) is -0.0502. The van der Waals surface area contributed by atoms with E-state index in [9.17, 15) is 4.79 Å². The molecular formula is C14H18N2O2. The number of fused-ring (bicyclic) bond motifs is 1. The van der Waals surface area contributed by atoms with E-state index >= 15 is 0 Å². The molecule has 1 aromatic heterocycles. The van der Waals surface area contributed by atoms with Gasteiger partial charge < -0.3 is 15.4 Å². The number of aromatic nitrogens is 1. The fourth-order valence-corrected chi connectivity index (χ4v) is 1.95. The van der Waals surface area contributed by atoms with Gasteiger partial charge in [-0.1, -0.05) is 13.0 Å². The number of amides is 1. The van der Waals surface area contributed by atoms with E-state index in [0.29, 0.717) is 6.42 Å². The molecule has 1 atom stereocenters. The molecule has 1 aromatic carbocycles. The fourth-order valence-electron chi connectivity index (χ4n) is 1.95. The van der Waals surface area contributed by atoms with Gasteiger partial charge >= 0.3 is 0 Å². The minimum absolute atomic E-state index is 0.0148. The Kier molecular flexibility index (Phi) is 3.99. The predicted molar refractivity (Wildman–Crippen MR) is 71.3 cm³/mol. The fraction of sp³-hybridized carbons (Fsp3) is 0.357. The van der Waals surface area contributed by atoms with Crippen LogP contribution in [0.15, 0.2) is 30.5 Å². The molecule has 0 saturated carbocycles. The normalized spacial score (nSPS) is 12.6. The van der Waals surface area contributed by atoms with Crippen LogP contribution in [0.2, 0.25) is 0 Å². The molecule has 4 nitrogen and oxygen atoms in total. The summed E-state index contributed by atoms with van der Waals surface area (Å²) in [5, 5.41) is 13.0. The Morgan fingerprint density at radius 1 is 1.44 bits per heavy atom. The molecule has 0 saturated heterocycles. The van der Waals surface area contributed by atoms with Crippen LogP contribution in [0.25, 0.3) is 10.9 Å². The Balaban J connectivity index is 2.01. The van der Waals surface area contributed by atoms with Crippen molar-refractivity contribution in [2.45, 2.75) is 25.8 Å². The van der Waals surface area contributed by atoms with Crippen LogP contribution in [-0.4, -0.2) is 28.6 Å². The predicted octanol–water partition coefficient (Wildman–Crippen LogP) is 1.60. The highest BCUT2D eigenvalue weighted by Crippen LogP contribution is 2.14. The number of H-pyrrole nitrogens is 1. The number of hydrogen-bond acceptors (Lipinski definition) is 2. The molecule has 0 aliphatic heterocycles. The van der Waals surface area contributed by atoms with Crippen molar-refractivity contribution in [3.05, 3.63) is 36.0 Å². The molecule has 0 bridgehead atoms. The number of hydrogen-bond donors (Lipinski definition) is 3. The lowest BCUT2D eigenvalue weighted by Crippen LogP contribution is -2.37. The zero-order valence-electron chi connectivity index (χ0n) is 10.4. The van der Waals surface area contributed by atoms with Gasteiger partial charge in [-0.05, 0) is 35.6 Å². The van der Waals surface area contributed by atoms with E-state index in [1.165, 1.54) is 0 Å². The van der Waals surface area contributed by atoms with Crippen molar-refractivity contribution in [3.63, 3.8) is 0 Å². The van der Waals surface area contributed by atoms with Crippen LogP contribution in [0.4, 0.5) is 0 Å². The first-order valence-corrected chi connectivity index (χ1v) is 6.19. The molecule has 1 unspecified atom stereocenters. The third kappa shape index (κ3) is 2.90. The van der Waals surface area contributed by atoms with E-state index in [1.54, 1.807) is 0 Å². The van der Waals surface area contributed by atoms with Gasteiger partial charge in [-0.15, -0.1) is 0 Å². The monoisotopic (exact) mass is 246 g/mol. The van der Waals surface area contributed by atoms with E-state index in [0.717, 1.165) is 22.9 Å². The van der Waals surface area contributed by atoms with Gasteiger partial charge in [0.15, 0.2) is 0 Å². The third-order valence-corrected chi connectivity index (χ3v) is 3.06. The SMILES string of the molecule is CCC(CO)NC(=O)Cc1ccc2[nH]ccc2c1. The summed E-state index contributed by atoms with van der Waals surface area (Å²) in [6.45, 7) is 1.92. The first kappa shape index (κ1) is 12.6. The molecule has 0 aliphatic rings. The average molecular weight is 246 g/mol. The summed E-state index contributed by atoms with van der Waals surface area (Å²) in [4.78, 5) is 14.9. The Bertz CT molecular complexity index is 529. The Hall–Kier alpha value is -1.81. The molecule has 18 heavy (non-hydrogen) atoms. The second-order valence-corrected chi connectivity index (χ2v) is 4.43. The smallest absolute Gasteiger partial charge is 0.224 e. The molecule has 1 amide bonds. The van der Waals surface area contributed by atoms with E-state index < -0.39 is 0 Å². The van der Waals surface area contributed by atoms with Crippen LogP contribution in [0.1, 0.15) is 18.9 Å². The molecule has 0 radical (unpaired) electrons. The summed E-state index contributed by atoms with van der Waals surface area (Å²) >= 11 is 0. The van der Waals surface area contributed by atoms with Gasteiger partial charge in [0, 0.05) is 11.7 Å². The van der Waals surface area contributed by atoms with E-state index in [1.807, 2.05) is 37.4 Å². The summed E-state index contributed by atoms with van der Waals surface area (Å²) < 4.78 is 0. The number of rotatable bonds is 5. The highest BCUT2D eigenvalue weighted by atomic mass is 16.3. The minimum Gasteiger partial charge on any atom is -0.394 e. The Morgan fingerprint density at radius 2 is 2.28 bits per heavy atom. The maximum Gasteiger partial charge on any atom is 0.224 e. The molecular weight excluding hydrogens is 228 g/mol. The summed E-state index contributed by atoms with van der Waals surface area (Å²) in [6.07, 6.45) is 2.96. The van der Waals surface area contributed by atoms with Crippen molar-refractivity contribution in [2.24, 2.45) is 0 Å². The van der Waals surface area contributed by atoms with E-state index in [4.69, 9.17) is 5.11 Å². The van der Waals surface area contributed by atoms with Crippen LogP contribution < -0.4 is 5.32 Å². The van der Waals surface area contributed by atoms with Crippen molar-refractivity contribution < 1.29 is 9.90 Å². The second kappa shape index (κ2) is 5.69. The van der Waals surface area contributed by atoms with Gasteiger partial charge in [0.05, 0.1) is 19.1 Å².